The Balaban J connectivity index is 0.975. The Bertz CT molecular complexity index is 1730. The van der Waals surface area contributed by atoms with Gasteiger partial charge in [-0.1, -0.05) is 0 Å². The third-order valence-electron chi connectivity index (χ3n) is 17.3. The van der Waals surface area contributed by atoms with Crippen molar-refractivity contribution in [3.8, 4) is 0 Å². The third-order valence-corrected chi connectivity index (χ3v) is 17.3. The molecule has 0 aromatic rings. The van der Waals surface area contributed by atoms with Crippen LogP contribution in [0, 0.1) is 0 Å². The topological polar surface area (TPSA) is 680 Å². The molecule has 0 radical (unpaired) electrons. The van der Waals surface area contributed by atoms with Crippen LogP contribution in [-0.2, 0) is 75.8 Å². The summed E-state index contributed by atoms with van der Waals surface area (Å²) in [6, 6.07) is 0. The van der Waals surface area contributed by atoms with Crippen LogP contribution in [0.5, 0.6) is 0 Å². The molecule has 16 bridgehead atoms. The Hall–Kier alpha value is -1.60. The van der Waals surface area contributed by atoms with E-state index in [4.69, 9.17) is 122 Å². The van der Waals surface area contributed by atoms with Gasteiger partial charge in [0.15, 0.2) is 50.3 Å². The fourth-order valence-electron chi connectivity index (χ4n) is 12.2. The van der Waals surface area contributed by atoms with E-state index in [-0.39, 0.29) is 0 Å². The van der Waals surface area contributed by atoms with Crippen LogP contribution in [0.25, 0.3) is 0 Å². The Labute approximate surface area is 500 Å². The number of aliphatic hydroxyl groups is 16. The van der Waals surface area contributed by atoms with Gasteiger partial charge >= 0.3 is 0 Å². The average Bonchev–Trinajstić information content (AvgIpc) is 1.09. The predicted molar refractivity (Wildman–Crippen MR) is 277 cm³/mol. The van der Waals surface area contributed by atoms with Gasteiger partial charge in [0.1, 0.15) is 195 Å². The highest BCUT2D eigenvalue weighted by molar-refractivity contribution is 5.03. The largest absolute Gasteiger partial charge is 0.387 e. The van der Waals surface area contributed by atoms with Crippen LogP contribution in [0.2, 0.25) is 0 Å². The average molecular weight is 1290 g/mol. The Morgan fingerprint density at radius 3 is 0.318 bits per heavy atom. The first-order chi connectivity index (χ1) is 41.9. The fourth-order valence-corrected chi connectivity index (χ4v) is 12.2. The molecule has 88 heavy (non-hydrogen) atoms. The van der Waals surface area contributed by atoms with Crippen LogP contribution in [0.4, 0.5) is 0 Å². The summed E-state index contributed by atoms with van der Waals surface area (Å²) in [5, 5.41) is 184. The van der Waals surface area contributed by atoms with Crippen molar-refractivity contribution in [1.29, 1.82) is 0 Å². The van der Waals surface area contributed by atoms with Gasteiger partial charge in [0.25, 0.3) is 0 Å². The molecule has 0 aromatic carbocycles. The molecule has 512 valence electrons. The summed E-state index contributed by atoms with van der Waals surface area (Å²) in [6.45, 7) is -3.97. The van der Waals surface area contributed by atoms with Gasteiger partial charge in [-0.15, -0.1) is 0 Å². The normalized spacial score (nSPS) is 55.4. The number of aliphatic hydroxyl groups excluding tert-OH is 16. The van der Waals surface area contributed by atoms with Gasteiger partial charge in [-0.3, -0.25) is 0 Å². The molecule has 40 heteroatoms. The second kappa shape index (κ2) is 30.0. The van der Waals surface area contributed by atoms with E-state index in [1.807, 2.05) is 0 Å². The smallest absolute Gasteiger partial charge is 0.187 e. The molecule has 0 amide bonds. The first-order valence-electron chi connectivity index (χ1n) is 28.9. The Kier molecular flexibility index (Phi) is 24.1. The molecule has 30 saturated heterocycles. The zero-order valence-corrected chi connectivity index (χ0v) is 47.1. The van der Waals surface area contributed by atoms with Crippen molar-refractivity contribution in [1.82, 2.24) is 0 Å². The molecule has 0 spiro atoms. The van der Waals surface area contributed by atoms with E-state index in [1.165, 1.54) is 0 Å². The van der Waals surface area contributed by atoms with Gasteiger partial charge in [0.2, 0.25) is 0 Å². The van der Waals surface area contributed by atoms with Crippen molar-refractivity contribution < 1.29 is 157 Å². The van der Waals surface area contributed by atoms with E-state index in [9.17, 15) is 81.7 Å². The van der Waals surface area contributed by atoms with Gasteiger partial charge in [0.05, 0.1) is 0 Å². The molecule has 0 aliphatic carbocycles. The Morgan fingerprint density at radius 1 is 0.148 bits per heavy atom. The highest BCUT2D eigenvalue weighted by Crippen LogP contribution is 2.39. The number of hydrogen-bond donors (Lipinski definition) is 24. The second-order valence-electron chi connectivity index (χ2n) is 22.9. The van der Waals surface area contributed by atoms with Gasteiger partial charge in [0, 0.05) is 52.4 Å². The molecule has 32 N–H and O–H groups in total. The zero-order valence-electron chi connectivity index (χ0n) is 47.1. The first kappa shape index (κ1) is 70.7. The highest BCUT2D eigenvalue weighted by atomic mass is 16.8. The van der Waals surface area contributed by atoms with E-state index >= 15 is 0 Å². The highest BCUT2D eigenvalue weighted by Gasteiger charge is 2.60. The van der Waals surface area contributed by atoms with E-state index in [0.29, 0.717) is 0 Å². The van der Waals surface area contributed by atoms with E-state index < -0.39 is 298 Å². The summed E-state index contributed by atoms with van der Waals surface area (Å²) < 4.78 is 94.5. The van der Waals surface area contributed by atoms with Crippen LogP contribution in [0.1, 0.15) is 0 Å². The van der Waals surface area contributed by atoms with E-state index in [0.717, 1.165) is 0 Å². The molecule has 30 rings (SSSR count). The van der Waals surface area contributed by atoms with Crippen LogP contribution in [-0.4, -0.2) is 380 Å². The van der Waals surface area contributed by atoms with Crippen molar-refractivity contribution in [3.63, 3.8) is 0 Å². The van der Waals surface area contributed by atoms with Crippen molar-refractivity contribution in [2.45, 2.75) is 246 Å². The summed E-state index contributed by atoms with van der Waals surface area (Å²) in [7, 11) is 0. The summed E-state index contributed by atoms with van der Waals surface area (Å²) in [5.41, 5.74) is 48.3. The third kappa shape index (κ3) is 13.8. The number of hydrogen-bond acceptors (Lipinski definition) is 40. The molecule has 0 unspecified atom stereocenters. The Morgan fingerprint density at radius 2 is 0.239 bits per heavy atom. The van der Waals surface area contributed by atoms with Crippen LogP contribution in [0.3, 0.4) is 0 Å². The minimum absolute atomic E-state index is 0.496. The summed E-state index contributed by atoms with van der Waals surface area (Å²) in [5.74, 6) is 0. The molecule has 40 nitrogen and oxygen atoms in total. The zero-order chi connectivity index (χ0) is 64.1. The summed E-state index contributed by atoms with van der Waals surface area (Å²) in [4.78, 5) is 0. The van der Waals surface area contributed by atoms with Gasteiger partial charge in [-0.25, -0.2) is 0 Å². The van der Waals surface area contributed by atoms with E-state index in [1.54, 1.807) is 0 Å². The molecule has 30 heterocycles. The summed E-state index contributed by atoms with van der Waals surface area (Å²) in [6.07, 6.45) is -73.2. The molecule has 40 atom stereocenters. The predicted octanol–water partition coefficient (Wildman–Crippen LogP) is -17.7. The summed E-state index contributed by atoms with van der Waals surface area (Å²) >= 11 is 0. The lowest BCUT2D eigenvalue weighted by Crippen LogP contribution is -2.69. The maximum Gasteiger partial charge on any atom is 0.187 e. The van der Waals surface area contributed by atoms with Gasteiger partial charge < -0.3 is 203 Å². The monoisotopic (exact) mass is 1290 g/mol. The maximum absolute atomic E-state index is 11.5. The lowest BCUT2D eigenvalue weighted by Gasteiger charge is -2.51. The maximum atomic E-state index is 11.5. The molecule has 0 saturated carbocycles. The minimum atomic E-state index is -2.09. The molecule has 0 aromatic heterocycles. The number of rotatable bonds is 8. The quantitative estimate of drug-likeness (QED) is 0.107. The standard InChI is InChI=1S/C48H88N8O32/c49-1-9-33-17(57)25(65)41(73-9)82-34-10(2-50)75-43(27(67)19(34)59)84-36-12(4-52)77-45(29(69)21(36)61)86-38-14(6-54)79-47(31(71)23(38)63)88-40-16(8-56)80-48(32(72)24(40)64)87-39-15(7-55)78-46(30(70)22(39)62)85-37-13(5-53)76-44(28(68)20(37)60)83-35-11(3-51)74-42(81-33)26(66)18(35)58/h9-48,57-72H,1-8,49-56H2/t9-,10-,11-,12-,13-,14-,15-,16-,17-,18-,19-,20-,21-,22-,23-,24-,25-,26-,27-,28-,29-,30-,31-,32-,33-,34-,35-,36-,37-,38-,39-,40-,41-,42-,43-,44-,45-,46-,47-,48+/m1/s1. The lowest BCUT2D eigenvalue weighted by molar-refractivity contribution is -0.398. The molecule has 30 fully saturated rings. The van der Waals surface area contributed by atoms with E-state index in [2.05, 4.69) is 0 Å². The molecule has 30 aliphatic heterocycles. The van der Waals surface area contributed by atoms with Crippen molar-refractivity contribution in [3.05, 3.63) is 0 Å². The molecule has 30 aliphatic rings. The van der Waals surface area contributed by atoms with Crippen LogP contribution in [0.15, 0.2) is 0 Å². The fraction of sp³-hybridized carbons (Fsp3) is 1.00. The van der Waals surface area contributed by atoms with Crippen molar-refractivity contribution in [2.75, 3.05) is 52.4 Å². The SMILES string of the molecule is NC[C@H]1O[C@H]2O[C@H]3[C@H](O)[C@@H](O)[C@@H](O[C@H]4[C@H](O)[C@@H](O)[C@@H](O[C@H]5[C@H](O)[C@@H](O)[C@@H](O[C@H]6[C@H](O)[C@@H](O)[C@@H](O[C@H]7[C@H](O)[C@@H](O)[C@@H](O[C@H]8[C@H](O)[C@@H](O)[C@@H](O[C@H]9[C@H](O)[C@@H](O)[C@@H](O[C@H]1[C@H](O)[C@H]2O)O[C@@H]9CN)O[C@@H]8CN)O[C@@H]7CN)O[C@@H]6CN)O[C@@H]5CN)O[C@@H]4CN)O[C@@H]3CN. The van der Waals surface area contributed by atoms with Crippen molar-refractivity contribution >= 4 is 0 Å². The minimum Gasteiger partial charge on any atom is -0.387 e. The van der Waals surface area contributed by atoms with Gasteiger partial charge in [-0.05, 0) is 0 Å². The lowest BCUT2D eigenvalue weighted by atomic mass is 9.94. The van der Waals surface area contributed by atoms with Gasteiger partial charge in [-0.2, -0.15) is 0 Å². The molecular weight excluding hydrogens is 1200 g/mol. The first-order valence-corrected chi connectivity index (χ1v) is 28.9. The van der Waals surface area contributed by atoms with Crippen molar-refractivity contribution in [2.24, 2.45) is 45.9 Å². The number of nitrogens with two attached hydrogens (primary N) is 8. The van der Waals surface area contributed by atoms with Crippen LogP contribution >= 0.6 is 0 Å². The molecular formula is C48H88N8O32. The second-order valence-corrected chi connectivity index (χ2v) is 22.9. The number of ether oxygens (including phenoxy) is 16. The van der Waals surface area contributed by atoms with Crippen LogP contribution < -0.4 is 45.9 Å².